The Morgan fingerprint density at radius 2 is 2.06 bits per heavy atom. The van der Waals surface area contributed by atoms with Crippen LogP contribution in [-0.2, 0) is 16.1 Å². The number of hydrogen-bond donors (Lipinski definition) is 0. The Kier molecular flexibility index (Phi) is 4.20. The normalized spacial score (nSPS) is 10.3. The van der Waals surface area contributed by atoms with Gasteiger partial charge >= 0.3 is 5.97 Å². The number of nitro benzene ring substituents is 1. The summed E-state index contributed by atoms with van der Waals surface area (Å²) in [6.45, 7) is 1.83. The lowest BCUT2D eigenvalue weighted by Gasteiger charge is -2.01. The van der Waals surface area contributed by atoms with Gasteiger partial charge in [0.05, 0.1) is 4.92 Å². The van der Waals surface area contributed by atoms with Crippen molar-refractivity contribution in [3.8, 4) is 0 Å². The molecule has 0 heterocycles. The van der Waals surface area contributed by atoms with E-state index in [4.69, 9.17) is 4.74 Å². The zero-order valence-electron chi connectivity index (χ0n) is 8.75. The standard InChI is InChI=1S/C11H11NO4/c1-2-3-11(13)16-8-9-4-6-10(7-5-9)12(14)15/h2-7H,8H2,1H3/b3-2-. The Labute approximate surface area is 92.5 Å². The van der Waals surface area contributed by atoms with Crippen LogP contribution in [-0.4, -0.2) is 10.9 Å². The molecule has 0 saturated carbocycles. The van der Waals surface area contributed by atoms with Crippen LogP contribution < -0.4 is 0 Å². The van der Waals surface area contributed by atoms with Crippen molar-refractivity contribution >= 4 is 11.7 Å². The van der Waals surface area contributed by atoms with Crippen LogP contribution in [0.3, 0.4) is 0 Å². The number of carbonyl (C=O) groups is 1. The molecule has 0 radical (unpaired) electrons. The molecule has 0 spiro atoms. The van der Waals surface area contributed by atoms with Crippen LogP contribution in [0.2, 0.25) is 0 Å². The third-order valence-electron chi connectivity index (χ3n) is 1.83. The van der Waals surface area contributed by atoms with Crippen molar-refractivity contribution in [2.75, 3.05) is 0 Å². The fourth-order valence-electron chi connectivity index (χ4n) is 1.05. The fraction of sp³-hybridized carbons (Fsp3) is 0.182. The molecule has 0 fully saturated rings. The van der Waals surface area contributed by atoms with Gasteiger partial charge in [-0.15, -0.1) is 0 Å². The lowest BCUT2D eigenvalue weighted by molar-refractivity contribution is -0.384. The highest BCUT2D eigenvalue weighted by atomic mass is 16.6. The van der Waals surface area contributed by atoms with Crippen molar-refractivity contribution in [3.63, 3.8) is 0 Å². The number of non-ortho nitro benzene ring substituents is 1. The Morgan fingerprint density at radius 3 is 2.56 bits per heavy atom. The zero-order valence-corrected chi connectivity index (χ0v) is 8.75. The van der Waals surface area contributed by atoms with Gasteiger partial charge in [0.1, 0.15) is 6.61 Å². The van der Waals surface area contributed by atoms with Crippen LogP contribution in [0.4, 0.5) is 5.69 Å². The Morgan fingerprint density at radius 1 is 1.44 bits per heavy atom. The molecule has 5 heteroatoms. The summed E-state index contributed by atoms with van der Waals surface area (Å²) in [5.41, 5.74) is 0.729. The maximum atomic E-state index is 11.0. The highest BCUT2D eigenvalue weighted by Gasteiger charge is 2.04. The van der Waals surface area contributed by atoms with Gasteiger partial charge in [0.15, 0.2) is 0 Å². The third kappa shape index (κ3) is 3.53. The molecule has 0 N–H and O–H groups in total. The molecule has 1 rings (SSSR count). The molecule has 1 aromatic rings. The van der Waals surface area contributed by atoms with Crippen LogP contribution in [0.25, 0.3) is 0 Å². The topological polar surface area (TPSA) is 69.4 Å². The van der Waals surface area contributed by atoms with Crippen molar-refractivity contribution in [2.24, 2.45) is 0 Å². The van der Waals surface area contributed by atoms with E-state index >= 15 is 0 Å². The van der Waals surface area contributed by atoms with E-state index in [2.05, 4.69) is 0 Å². The first kappa shape index (κ1) is 11.9. The summed E-state index contributed by atoms with van der Waals surface area (Å²) in [5.74, 6) is -0.430. The molecule has 0 atom stereocenters. The first-order valence-corrected chi connectivity index (χ1v) is 4.66. The predicted molar refractivity (Wildman–Crippen MR) is 57.7 cm³/mol. The van der Waals surface area contributed by atoms with Gasteiger partial charge in [-0.25, -0.2) is 4.79 Å². The summed E-state index contributed by atoms with van der Waals surface area (Å²) in [7, 11) is 0. The molecule has 0 aliphatic carbocycles. The number of ether oxygens (including phenoxy) is 1. The van der Waals surface area contributed by atoms with E-state index in [1.54, 1.807) is 25.1 Å². The summed E-state index contributed by atoms with van der Waals surface area (Å²) >= 11 is 0. The number of benzene rings is 1. The molecule has 0 amide bonds. The second-order valence-electron chi connectivity index (χ2n) is 3.03. The maximum Gasteiger partial charge on any atom is 0.330 e. The van der Waals surface area contributed by atoms with Crippen LogP contribution in [0.5, 0.6) is 0 Å². The molecule has 16 heavy (non-hydrogen) atoms. The van der Waals surface area contributed by atoms with Crippen LogP contribution >= 0.6 is 0 Å². The molecule has 0 unspecified atom stereocenters. The van der Waals surface area contributed by atoms with E-state index in [9.17, 15) is 14.9 Å². The van der Waals surface area contributed by atoms with E-state index in [0.29, 0.717) is 5.56 Å². The van der Waals surface area contributed by atoms with E-state index in [-0.39, 0.29) is 12.3 Å². The maximum absolute atomic E-state index is 11.0. The Balaban J connectivity index is 2.56. The monoisotopic (exact) mass is 221 g/mol. The van der Waals surface area contributed by atoms with Crippen molar-refractivity contribution in [2.45, 2.75) is 13.5 Å². The van der Waals surface area contributed by atoms with Gasteiger partial charge in [0, 0.05) is 18.2 Å². The van der Waals surface area contributed by atoms with Crippen LogP contribution in [0.15, 0.2) is 36.4 Å². The molecule has 0 aliphatic heterocycles. The minimum atomic E-state index is -0.477. The van der Waals surface area contributed by atoms with Crippen molar-refractivity contribution in [1.29, 1.82) is 0 Å². The molecular formula is C11H11NO4. The number of hydrogen-bond acceptors (Lipinski definition) is 4. The van der Waals surface area contributed by atoms with Gasteiger partial charge in [0.25, 0.3) is 5.69 Å². The minimum Gasteiger partial charge on any atom is -0.458 e. The summed E-state index contributed by atoms with van der Waals surface area (Å²) in [6, 6.07) is 5.86. The quantitative estimate of drug-likeness (QED) is 0.338. The summed E-state index contributed by atoms with van der Waals surface area (Å²) in [4.78, 5) is 20.9. The molecule has 5 nitrogen and oxygen atoms in total. The van der Waals surface area contributed by atoms with E-state index < -0.39 is 10.9 Å². The van der Waals surface area contributed by atoms with Gasteiger partial charge in [-0.3, -0.25) is 10.1 Å². The average molecular weight is 221 g/mol. The Bertz CT molecular complexity index is 408. The van der Waals surface area contributed by atoms with E-state index in [1.165, 1.54) is 18.2 Å². The van der Waals surface area contributed by atoms with Gasteiger partial charge in [-0.1, -0.05) is 6.08 Å². The zero-order chi connectivity index (χ0) is 12.0. The summed E-state index contributed by atoms with van der Waals surface area (Å²) in [5, 5.41) is 10.4. The lowest BCUT2D eigenvalue weighted by Crippen LogP contribution is -2.00. The number of allylic oxidation sites excluding steroid dienone is 1. The second-order valence-corrected chi connectivity index (χ2v) is 3.03. The lowest BCUT2D eigenvalue weighted by atomic mass is 10.2. The fourth-order valence-corrected chi connectivity index (χ4v) is 1.05. The number of nitro groups is 1. The highest BCUT2D eigenvalue weighted by Crippen LogP contribution is 2.12. The molecule has 0 bridgehead atoms. The number of carbonyl (C=O) groups excluding carboxylic acids is 1. The summed E-state index contributed by atoms with van der Waals surface area (Å²) in [6.07, 6.45) is 2.89. The Hall–Kier alpha value is -2.17. The molecule has 1 aromatic carbocycles. The average Bonchev–Trinajstić information content (AvgIpc) is 2.27. The van der Waals surface area contributed by atoms with Gasteiger partial charge in [0.2, 0.25) is 0 Å². The van der Waals surface area contributed by atoms with Gasteiger partial charge < -0.3 is 4.74 Å². The largest absolute Gasteiger partial charge is 0.458 e. The third-order valence-corrected chi connectivity index (χ3v) is 1.83. The molecule has 84 valence electrons. The summed E-state index contributed by atoms with van der Waals surface area (Å²) < 4.78 is 4.87. The molecule has 0 aromatic heterocycles. The predicted octanol–water partition coefficient (Wildman–Crippen LogP) is 2.21. The van der Waals surface area contributed by atoms with E-state index in [1.807, 2.05) is 0 Å². The molecule has 0 aliphatic rings. The van der Waals surface area contributed by atoms with Gasteiger partial charge in [-0.2, -0.15) is 0 Å². The minimum absolute atomic E-state index is 0.0172. The number of nitrogens with zero attached hydrogens (tertiary/aromatic N) is 1. The number of esters is 1. The first-order chi connectivity index (χ1) is 7.63. The van der Waals surface area contributed by atoms with E-state index in [0.717, 1.165) is 0 Å². The number of rotatable bonds is 4. The van der Waals surface area contributed by atoms with Crippen molar-refractivity contribution in [3.05, 3.63) is 52.1 Å². The molecular weight excluding hydrogens is 210 g/mol. The first-order valence-electron chi connectivity index (χ1n) is 4.66. The highest BCUT2D eigenvalue weighted by molar-refractivity contribution is 5.81. The molecule has 0 saturated heterocycles. The smallest absolute Gasteiger partial charge is 0.330 e. The van der Waals surface area contributed by atoms with Crippen LogP contribution in [0, 0.1) is 10.1 Å². The van der Waals surface area contributed by atoms with Crippen molar-refractivity contribution < 1.29 is 14.5 Å². The van der Waals surface area contributed by atoms with Gasteiger partial charge in [-0.05, 0) is 24.6 Å². The second kappa shape index (κ2) is 5.65. The van der Waals surface area contributed by atoms with Crippen molar-refractivity contribution in [1.82, 2.24) is 0 Å². The van der Waals surface area contributed by atoms with Crippen LogP contribution in [0.1, 0.15) is 12.5 Å². The SMILES string of the molecule is C/C=C\C(=O)OCc1ccc([N+](=O)[O-])cc1.